The van der Waals surface area contributed by atoms with Gasteiger partial charge in [0.2, 0.25) is 62.1 Å². The van der Waals surface area contributed by atoms with E-state index < -0.39 is 0 Å². The lowest BCUT2D eigenvalue weighted by atomic mass is 10.4. The van der Waals surface area contributed by atoms with E-state index in [2.05, 4.69) is 208 Å². The van der Waals surface area contributed by atoms with Gasteiger partial charge in [0.05, 0.1) is 131 Å². The number of guanidine groups is 5. The molecule has 0 aliphatic rings. The summed E-state index contributed by atoms with van der Waals surface area (Å²) >= 11 is 24.0. The van der Waals surface area contributed by atoms with Crippen molar-refractivity contribution in [1.82, 2.24) is 69.2 Å². The first kappa shape index (κ1) is 89.5. The first-order chi connectivity index (χ1) is 31.2. The minimum Gasteiger partial charge on any atom is -1.00 e. The lowest BCUT2D eigenvalue weighted by Gasteiger charge is -2.20. The SMILES string of the molecule is CCN(CC)C(=[N+]=S)N(CC)CC.CCN(CC)C(=[N+]=S)N(CC)CC.CCN(CC)C(=[N+]=S)N(CC)CC.CCN(CC)C(=[N+]=S)N(CC)CC.CCN(CC)C(=[N+]=S)N(CC)CC.[F-].[F-].[F-].[F-].[F-]. The highest BCUT2D eigenvalue weighted by atomic mass is 32.1. The molecule has 0 saturated heterocycles. The molecule has 0 saturated carbocycles. The minimum absolute atomic E-state index is 0. The number of rotatable bonds is 20. The van der Waals surface area contributed by atoms with Crippen LogP contribution < -0.4 is 43.7 Å². The summed E-state index contributed by atoms with van der Waals surface area (Å²) in [6.07, 6.45) is 0. The Labute approximate surface area is 451 Å². The Hall–Kier alpha value is -3.35. The summed E-state index contributed by atoms with van der Waals surface area (Å²) in [7, 11) is 0. The number of hydrogen-bond donors (Lipinski definition) is 0. The predicted octanol–water partition coefficient (Wildman–Crippen LogP) is -10.9. The Balaban J connectivity index is -0.0000000789. The molecule has 0 N–H and O–H groups in total. The van der Waals surface area contributed by atoms with Crippen LogP contribution in [0.4, 0.5) is 0 Å². The van der Waals surface area contributed by atoms with Gasteiger partial charge in [0.1, 0.15) is 0 Å². The van der Waals surface area contributed by atoms with Crippen molar-refractivity contribution >= 4 is 91.9 Å². The van der Waals surface area contributed by atoms with Gasteiger partial charge in [0, 0.05) is 0 Å². The zero-order valence-corrected chi connectivity index (χ0v) is 51.4. The molecule has 0 amide bonds. The van der Waals surface area contributed by atoms with Gasteiger partial charge in [-0.25, -0.2) is 0 Å². The zero-order valence-electron chi connectivity index (χ0n) is 47.3. The normalized spacial score (nSPS) is 8.57. The minimum atomic E-state index is 0. The van der Waals surface area contributed by atoms with Gasteiger partial charge >= 0.3 is 29.8 Å². The second-order valence-electron chi connectivity index (χ2n) is 13.7. The smallest absolute Gasteiger partial charge is 0.457 e. The summed E-state index contributed by atoms with van der Waals surface area (Å²) in [5, 5.41) is 0. The van der Waals surface area contributed by atoms with Gasteiger partial charge in [0.25, 0.3) is 0 Å². The summed E-state index contributed by atoms with van der Waals surface area (Å²) in [6, 6.07) is 0. The van der Waals surface area contributed by atoms with E-state index in [9.17, 15) is 0 Å². The monoisotopic (exact) mass is 1110 g/mol. The summed E-state index contributed by atoms with van der Waals surface area (Å²) in [5.41, 5.74) is 0. The van der Waals surface area contributed by atoms with Gasteiger partial charge in [-0.15, -0.1) is 0 Å². The molecule has 0 aromatic rings. The van der Waals surface area contributed by atoms with Crippen molar-refractivity contribution in [3.05, 3.63) is 0 Å². The molecule has 0 rings (SSSR count). The molecule has 0 aromatic carbocycles. The standard InChI is InChI=1S/5C9H20N3S.5FH/c5*1-5-11(6-2)9(10-13)12(7-3)8-4;;;;;/h5*5-8H2,1-4H3;5*1H/q5*+1;;;;;/p-5. The first-order valence-corrected chi connectivity index (χ1v) is 26.6. The molecule has 0 atom stereocenters. The Kier molecular flexibility index (Phi) is 79.0. The molecular weight excluding hydrogens is 1010 g/mol. The van der Waals surface area contributed by atoms with Crippen LogP contribution in [0.25, 0.3) is 0 Å². The molecule has 420 valence electrons. The largest absolute Gasteiger partial charge is 1.00 e. The van der Waals surface area contributed by atoms with E-state index in [-0.39, 0.29) is 23.5 Å². The molecular formula is C45H100F5N15S5. The van der Waals surface area contributed by atoms with Crippen LogP contribution in [0.2, 0.25) is 0 Å². The highest BCUT2D eigenvalue weighted by molar-refractivity contribution is 7.47. The Morgan fingerprint density at radius 3 is 0.271 bits per heavy atom. The zero-order chi connectivity index (χ0) is 51.3. The van der Waals surface area contributed by atoms with Crippen LogP contribution in [0.5, 0.6) is 0 Å². The van der Waals surface area contributed by atoms with E-state index in [1.807, 2.05) is 0 Å². The third-order valence-corrected chi connectivity index (χ3v) is 11.7. The van der Waals surface area contributed by atoms with Crippen LogP contribution in [-0.4, -0.2) is 210 Å². The topological polar surface area (TPSA) is 103 Å². The molecule has 0 radical (unpaired) electrons. The fourth-order valence-corrected chi connectivity index (χ4v) is 7.80. The van der Waals surface area contributed by atoms with Crippen LogP contribution in [-0.2, 0) is 62.1 Å². The maximum atomic E-state index is 4.80. The molecule has 0 aliphatic carbocycles. The Morgan fingerprint density at radius 1 is 0.186 bits per heavy atom. The molecule has 0 bridgehead atoms. The van der Waals surface area contributed by atoms with Crippen molar-refractivity contribution < 1.29 is 23.5 Å². The fourth-order valence-electron chi connectivity index (χ4n) is 6.64. The Bertz CT molecular complexity index is 1100. The quantitative estimate of drug-likeness (QED) is 0.0500. The fraction of sp³-hybridized carbons (Fsp3) is 0.889. The van der Waals surface area contributed by atoms with E-state index in [1.165, 1.54) is 0 Å². The highest BCUT2D eigenvalue weighted by Crippen LogP contribution is 1.99. The highest BCUT2D eigenvalue weighted by Gasteiger charge is 2.27. The van der Waals surface area contributed by atoms with Crippen molar-refractivity contribution in [2.75, 3.05) is 131 Å². The third-order valence-electron chi connectivity index (χ3n) is 10.9. The van der Waals surface area contributed by atoms with Crippen LogP contribution in [0.3, 0.4) is 0 Å². The summed E-state index contributed by atoms with van der Waals surface area (Å²) in [4.78, 5) is 21.8. The van der Waals surface area contributed by atoms with Crippen molar-refractivity contribution in [3.8, 4) is 0 Å². The predicted molar refractivity (Wildman–Crippen MR) is 302 cm³/mol. The third kappa shape index (κ3) is 34.9. The van der Waals surface area contributed by atoms with Crippen molar-refractivity contribution in [3.63, 3.8) is 0 Å². The van der Waals surface area contributed by atoms with Crippen LogP contribution in [0.1, 0.15) is 138 Å². The molecule has 0 heterocycles. The average molecular weight is 1110 g/mol. The van der Waals surface area contributed by atoms with Gasteiger partial charge in [-0.3, -0.25) is 49.0 Å². The van der Waals surface area contributed by atoms with Gasteiger partial charge in [-0.2, -0.15) is 20.2 Å². The van der Waals surface area contributed by atoms with Gasteiger partial charge in [-0.1, -0.05) is 0 Å². The van der Waals surface area contributed by atoms with Crippen LogP contribution >= 0.6 is 0 Å². The number of hydrogen-bond acceptors (Lipinski definition) is 5. The molecule has 0 spiro atoms. The van der Waals surface area contributed by atoms with Gasteiger partial charge in [0.15, 0.2) is 0 Å². The van der Waals surface area contributed by atoms with E-state index in [1.54, 1.807) is 0 Å². The first-order valence-electron chi connectivity index (χ1n) is 24.7. The second kappa shape index (κ2) is 61.8. The summed E-state index contributed by atoms with van der Waals surface area (Å²) in [6.45, 7) is 61.6. The van der Waals surface area contributed by atoms with Crippen molar-refractivity contribution in [1.29, 1.82) is 0 Å². The average Bonchev–Trinajstić information content (AvgIpc) is 3.35. The van der Waals surface area contributed by atoms with E-state index in [0.29, 0.717) is 0 Å². The van der Waals surface area contributed by atoms with Crippen molar-refractivity contribution in [2.45, 2.75) is 138 Å². The van der Waals surface area contributed by atoms with Crippen LogP contribution in [0, 0.1) is 0 Å². The number of halogens is 5. The van der Waals surface area contributed by atoms with E-state index in [0.717, 1.165) is 161 Å². The molecule has 25 heteroatoms. The molecule has 0 aliphatic heterocycles. The molecule has 15 nitrogen and oxygen atoms in total. The summed E-state index contributed by atoms with van der Waals surface area (Å²) in [5.74, 6) is 4.68. The van der Waals surface area contributed by atoms with Crippen molar-refractivity contribution in [2.24, 2.45) is 0 Å². The lowest BCUT2D eigenvalue weighted by Crippen LogP contribution is -3.00. The van der Waals surface area contributed by atoms with Gasteiger partial charge < -0.3 is 23.5 Å². The van der Waals surface area contributed by atoms with E-state index in [4.69, 9.17) is 62.1 Å². The second-order valence-corrected chi connectivity index (χ2v) is 14.6. The van der Waals surface area contributed by atoms with E-state index >= 15 is 0 Å². The molecule has 0 aromatic heterocycles. The Morgan fingerprint density at radius 2 is 0.243 bits per heavy atom. The van der Waals surface area contributed by atoms with Crippen LogP contribution in [0.15, 0.2) is 0 Å². The molecule has 0 fully saturated rings. The maximum Gasteiger partial charge on any atom is 0.457 e. The lowest BCUT2D eigenvalue weighted by molar-refractivity contribution is -0.00100. The summed E-state index contributed by atoms with van der Waals surface area (Å²) < 4.78 is 19.6. The molecule has 70 heavy (non-hydrogen) atoms. The number of nitrogens with zero attached hydrogens (tertiary/aromatic N) is 15. The molecule has 0 unspecified atom stereocenters. The van der Waals surface area contributed by atoms with Gasteiger partial charge in [-0.05, 0) is 138 Å². The maximum absolute atomic E-state index is 4.80.